The Labute approximate surface area is 190 Å². The monoisotopic (exact) mass is 477 g/mol. The highest BCUT2D eigenvalue weighted by Gasteiger charge is 2.34. The van der Waals surface area contributed by atoms with Crippen molar-refractivity contribution in [3.63, 3.8) is 0 Å². The molecule has 31 heavy (non-hydrogen) atoms. The first kappa shape index (κ1) is 20.7. The van der Waals surface area contributed by atoms with E-state index in [2.05, 4.69) is 9.88 Å². The highest BCUT2D eigenvalue weighted by molar-refractivity contribution is 8.23. The molecule has 7 nitrogen and oxygen atoms in total. The standard InChI is InChI=1S/C21H20ClN3O4S2/c1-29-19(26)9-12-2-3-16-13(8-12)6-7-25(16)21-14-10-31(27,28)11-15(14)23-20(24-21)17-4-5-18(22)30-17/h2-5,8,27-28H,6-7,9-11H2,1H3. The normalized spacial score (nSPS) is 17.4. The number of ether oxygens (including phenoxy) is 1. The van der Waals surface area contributed by atoms with E-state index >= 15 is 0 Å². The van der Waals surface area contributed by atoms with E-state index in [0.717, 1.165) is 33.7 Å². The second-order valence-electron chi connectivity index (χ2n) is 7.61. The SMILES string of the molecule is COC(=O)Cc1ccc2c(c1)CCN2c1nc(-c2ccc(Cl)s2)nc2c1CS(O)(O)C2. The molecule has 2 aromatic heterocycles. The lowest BCUT2D eigenvalue weighted by atomic mass is 10.1. The molecule has 0 fully saturated rings. The van der Waals surface area contributed by atoms with Gasteiger partial charge in [0.1, 0.15) is 5.82 Å². The Morgan fingerprint density at radius 2 is 2.10 bits per heavy atom. The van der Waals surface area contributed by atoms with Crippen LogP contribution in [-0.4, -0.2) is 38.7 Å². The number of fused-ring (bicyclic) bond motifs is 2. The molecule has 0 atom stereocenters. The first-order valence-electron chi connectivity index (χ1n) is 9.68. The van der Waals surface area contributed by atoms with Crippen LogP contribution >= 0.6 is 33.5 Å². The third kappa shape index (κ3) is 3.92. The number of rotatable bonds is 4. The number of carbonyl (C=O) groups excluding carboxylic acids is 1. The lowest BCUT2D eigenvalue weighted by molar-refractivity contribution is -0.139. The van der Waals surface area contributed by atoms with Crippen LogP contribution in [0.5, 0.6) is 0 Å². The summed E-state index contributed by atoms with van der Waals surface area (Å²) in [5.41, 5.74) is 4.51. The van der Waals surface area contributed by atoms with E-state index in [0.29, 0.717) is 28.2 Å². The molecule has 10 heteroatoms. The number of aromatic nitrogens is 2. The van der Waals surface area contributed by atoms with Gasteiger partial charge in [0.2, 0.25) is 0 Å². The van der Waals surface area contributed by atoms with Crippen LogP contribution in [0.25, 0.3) is 10.7 Å². The molecule has 0 saturated heterocycles. The van der Waals surface area contributed by atoms with E-state index in [-0.39, 0.29) is 23.9 Å². The molecule has 0 aliphatic carbocycles. The summed E-state index contributed by atoms with van der Waals surface area (Å²) >= 11 is 7.50. The van der Waals surface area contributed by atoms with Gasteiger partial charge < -0.3 is 9.64 Å². The fourth-order valence-corrected chi connectivity index (χ4v) is 6.59. The van der Waals surface area contributed by atoms with Gasteiger partial charge in [0.15, 0.2) is 5.82 Å². The van der Waals surface area contributed by atoms with Crippen molar-refractivity contribution in [3.05, 3.63) is 57.1 Å². The Morgan fingerprint density at radius 3 is 2.84 bits per heavy atom. The summed E-state index contributed by atoms with van der Waals surface area (Å²) < 4.78 is 26.2. The number of benzene rings is 1. The minimum atomic E-state index is -2.75. The molecule has 5 rings (SSSR count). The maximum atomic E-state index is 11.6. The van der Waals surface area contributed by atoms with Crippen molar-refractivity contribution in [3.8, 4) is 10.7 Å². The summed E-state index contributed by atoms with van der Waals surface area (Å²) in [6, 6.07) is 9.62. The predicted octanol–water partition coefficient (Wildman–Crippen LogP) is 5.03. The number of anilines is 2. The molecular formula is C21H20ClN3O4S2. The number of hydrogen-bond acceptors (Lipinski definition) is 8. The van der Waals surface area contributed by atoms with Crippen LogP contribution in [0.4, 0.5) is 11.5 Å². The van der Waals surface area contributed by atoms with Gasteiger partial charge >= 0.3 is 5.97 Å². The van der Waals surface area contributed by atoms with Crippen molar-refractivity contribution in [1.82, 2.24) is 9.97 Å². The average molecular weight is 478 g/mol. The van der Waals surface area contributed by atoms with E-state index in [9.17, 15) is 13.9 Å². The first-order chi connectivity index (χ1) is 14.8. The van der Waals surface area contributed by atoms with E-state index in [1.54, 1.807) is 6.07 Å². The summed E-state index contributed by atoms with van der Waals surface area (Å²) in [6.45, 7) is 0.713. The fraction of sp³-hybridized carbons (Fsp3) is 0.286. The van der Waals surface area contributed by atoms with Crippen molar-refractivity contribution in [2.75, 3.05) is 18.6 Å². The zero-order valence-electron chi connectivity index (χ0n) is 16.7. The van der Waals surface area contributed by atoms with Gasteiger partial charge in [-0.05, 0) is 35.7 Å². The highest BCUT2D eigenvalue weighted by atomic mass is 35.5. The molecule has 0 amide bonds. The molecule has 0 spiro atoms. The van der Waals surface area contributed by atoms with Crippen LogP contribution in [0.3, 0.4) is 0 Å². The van der Waals surface area contributed by atoms with Gasteiger partial charge in [0.05, 0.1) is 39.9 Å². The van der Waals surface area contributed by atoms with Crippen LogP contribution in [-0.2, 0) is 33.9 Å². The number of carbonyl (C=O) groups is 1. The minimum absolute atomic E-state index is 0.142. The van der Waals surface area contributed by atoms with Gasteiger partial charge in [-0.2, -0.15) is 10.6 Å². The van der Waals surface area contributed by atoms with Gasteiger partial charge in [0, 0.05) is 17.8 Å². The summed E-state index contributed by atoms with van der Waals surface area (Å²) in [5.74, 6) is 1.28. The second kappa shape index (κ2) is 7.75. The number of hydrogen-bond donors (Lipinski definition) is 2. The van der Waals surface area contributed by atoms with Gasteiger partial charge in [-0.1, -0.05) is 23.7 Å². The van der Waals surface area contributed by atoms with E-state index < -0.39 is 10.6 Å². The highest BCUT2D eigenvalue weighted by Crippen LogP contribution is 2.55. The van der Waals surface area contributed by atoms with Gasteiger partial charge in [-0.15, -0.1) is 11.3 Å². The number of nitrogens with zero attached hydrogens (tertiary/aromatic N) is 3. The van der Waals surface area contributed by atoms with Crippen LogP contribution in [0.2, 0.25) is 4.34 Å². The van der Waals surface area contributed by atoms with Crippen molar-refractivity contribution in [2.24, 2.45) is 0 Å². The van der Waals surface area contributed by atoms with E-state index in [1.807, 2.05) is 24.3 Å². The molecule has 3 aromatic rings. The van der Waals surface area contributed by atoms with Crippen LogP contribution < -0.4 is 4.90 Å². The van der Waals surface area contributed by atoms with Gasteiger partial charge in [-0.25, -0.2) is 9.97 Å². The van der Waals surface area contributed by atoms with Crippen LogP contribution in [0, 0.1) is 0 Å². The Morgan fingerprint density at radius 1 is 1.26 bits per heavy atom. The zero-order valence-corrected chi connectivity index (χ0v) is 19.1. The van der Waals surface area contributed by atoms with Crippen LogP contribution in [0.15, 0.2) is 30.3 Å². The summed E-state index contributed by atoms with van der Waals surface area (Å²) in [4.78, 5) is 24.1. The third-order valence-electron chi connectivity index (χ3n) is 5.48. The topological polar surface area (TPSA) is 95.8 Å². The van der Waals surface area contributed by atoms with Crippen LogP contribution in [0.1, 0.15) is 22.4 Å². The molecule has 0 saturated carbocycles. The Balaban J connectivity index is 1.57. The summed E-state index contributed by atoms with van der Waals surface area (Å²) in [7, 11) is -1.37. The molecule has 2 aliphatic heterocycles. The molecule has 2 N–H and O–H groups in total. The smallest absolute Gasteiger partial charge is 0.309 e. The molecule has 4 heterocycles. The van der Waals surface area contributed by atoms with Gasteiger partial charge in [0.25, 0.3) is 0 Å². The largest absolute Gasteiger partial charge is 0.469 e. The molecular weight excluding hydrogens is 458 g/mol. The lowest BCUT2D eigenvalue weighted by Crippen LogP contribution is -2.18. The van der Waals surface area contributed by atoms with Crippen molar-refractivity contribution < 1.29 is 18.6 Å². The number of esters is 1. The minimum Gasteiger partial charge on any atom is -0.469 e. The lowest BCUT2D eigenvalue weighted by Gasteiger charge is -2.25. The van der Waals surface area contributed by atoms with Gasteiger partial charge in [-0.3, -0.25) is 13.9 Å². The maximum Gasteiger partial charge on any atom is 0.309 e. The third-order valence-corrected chi connectivity index (χ3v) is 8.19. The first-order valence-corrected chi connectivity index (χ1v) is 12.8. The van der Waals surface area contributed by atoms with Crippen molar-refractivity contribution >= 4 is 51.0 Å². The second-order valence-corrected chi connectivity index (χ2v) is 11.5. The summed E-state index contributed by atoms with van der Waals surface area (Å²) in [6.07, 6.45) is 1.04. The molecule has 0 radical (unpaired) electrons. The quantitative estimate of drug-likeness (QED) is 0.508. The molecule has 0 unspecified atom stereocenters. The Kier molecular flexibility index (Phi) is 5.18. The summed E-state index contributed by atoms with van der Waals surface area (Å²) in [5, 5.41) is 0. The predicted molar refractivity (Wildman–Crippen MR) is 123 cm³/mol. The maximum absolute atomic E-state index is 11.6. The fourth-order valence-electron chi connectivity index (χ4n) is 4.08. The number of halogens is 1. The molecule has 1 aromatic carbocycles. The zero-order chi connectivity index (χ0) is 21.8. The number of methoxy groups -OCH3 is 1. The number of thiophene rings is 1. The van der Waals surface area contributed by atoms with E-state index in [1.165, 1.54) is 18.4 Å². The van der Waals surface area contributed by atoms with Crippen molar-refractivity contribution in [1.29, 1.82) is 0 Å². The van der Waals surface area contributed by atoms with E-state index in [4.69, 9.17) is 21.3 Å². The average Bonchev–Trinajstić information content (AvgIpc) is 3.42. The Bertz CT molecular complexity index is 1200. The molecule has 0 bridgehead atoms. The Hall–Kier alpha value is -2.17. The van der Waals surface area contributed by atoms with Crippen molar-refractivity contribution in [2.45, 2.75) is 24.3 Å². The molecule has 162 valence electrons. The molecule has 2 aliphatic rings.